The number of rotatable bonds is 2. The maximum absolute atomic E-state index is 7.15. The second-order valence-electron chi connectivity index (χ2n) is 11.8. The van der Waals surface area contributed by atoms with Crippen molar-refractivity contribution >= 4 is 31.9 Å². The monoisotopic (exact) mass is 602 g/mol. The van der Waals surface area contributed by atoms with E-state index in [9.17, 15) is 0 Å². The standard InChI is InChI=1S/C33H32Br2O/c1-31(2,3)21-7-11-23(12-8-21)33(24-13-9-22(10-14-24)32(4,5)6)29-19-25(34)15-17-27(29)28-18-16-26(35)20-30(28)36-33/h7-20H,1-6H3. The second-order valence-corrected chi connectivity index (χ2v) is 13.6. The Hall–Kier alpha value is -2.36. The van der Waals surface area contributed by atoms with Crippen LogP contribution in [0.3, 0.4) is 0 Å². The van der Waals surface area contributed by atoms with Crippen molar-refractivity contribution in [2.24, 2.45) is 0 Å². The summed E-state index contributed by atoms with van der Waals surface area (Å²) in [6, 6.07) is 30.8. The van der Waals surface area contributed by atoms with Gasteiger partial charge in [-0.3, -0.25) is 0 Å². The van der Waals surface area contributed by atoms with Crippen LogP contribution in [0.25, 0.3) is 11.1 Å². The summed E-state index contributed by atoms with van der Waals surface area (Å²) < 4.78 is 9.19. The van der Waals surface area contributed by atoms with Gasteiger partial charge in [0.25, 0.3) is 0 Å². The Morgan fingerprint density at radius 2 is 1.00 bits per heavy atom. The van der Waals surface area contributed by atoms with Crippen molar-refractivity contribution in [2.45, 2.75) is 58.0 Å². The summed E-state index contributed by atoms with van der Waals surface area (Å²) in [6.07, 6.45) is 0. The largest absolute Gasteiger partial charge is 0.472 e. The Labute approximate surface area is 232 Å². The van der Waals surface area contributed by atoms with Crippen LogP contribution in [-0.4, -0.2) is 0 Å². The van der Waals surface area contributed by atoms with E-state index in [0.717, 1.165) is 36.9 Å². The van der Waals surface area contributed by atoms with Gasteiger partial charge in [-0.2, -0.15) is 0 Å². The second kappa shape index (κ2) is 8.89. The van der Waals surface area contributed by atoms with E-state index in [-0.39, 0.29) is 10.8 Å². The fourth-order valence-corrected chi connectivity index (χ4v) is 5.77. The van der Waals surface area contributed by atoms with Gasteiger partial charge in [0.15, 0.2) is 5.60 Å². The highest BCUT2D eigenvalue weighted by molar-refractivity contribution is 9.10. The number of ether oxygens (including phenoxy) is 1. The van der Waals surface area contributed by atoms with Gasteiger partial charge < -0.3 is 4.74 Å². The summed E-state index contributed by atoms with van der Waals surface area (Å²) in [7, 11) is 0. The number of hydrogen-bond acceptors (Lipinski definition) is 1. The molecular weight excluding hydrogens is 572 g/mol. The zero-order valence-corrected chi connectivity index (χ0v) is 24.9. The molecule has 0 atom stereocenters. The maximum atomic E-state index is 7.15. The third-order valence-electron chi connectivity index (χ3n) is 7.17. The van der Waals surface area contributed by atoms with Crippen LogP contribution in [0.2, 0.25) is 0 Å². The fourth-order valence-electron chi connectivity index (χ4n) is 5.07. The van der Waals surface area contributed by atoms with Crippen molar-refractivity contribution in [1.29, 1.82) is 0 Å². The summed E-state index contributed by atoms with van der Waals surface area (Å²) in [5, 5.41) is 0. The number of fused-ring (bicyclic) bond motifs is 3. The van der Waals surface area contributed by atoms with Crippen LogP contribution >= 0.6 is 31.9 Å². The number of benzene rings is 4. The van der Waals surface area contributed by atoms with Gasteiger partial charge in [-0.05, 0) is 57.9 Å². The van der Waals surface area contributed by atoms with E-state index in [0.29, 0.717) is 0 Å². The molecule has 4 aromatic carbocycles. The quantitative estimate of drug-likeness (QED) is 0.221. The normalized spacial score (nSPS) is 14.6. The van der Waals surface area contributed by atoms with Gasteiger partial charge in [0.2, 0.25) is 0 Å². The predicted molar refractivity (Wildman–Crippen MR) is 158 cm³/mol. The molecule has 0 radical (unpaired) electrons. The first-order valence-corrected chi connectivity index (χ1v) is 14.0. The summed E-state index contributed by atoms with van der Waals surface area (Å²) >= 11 is 7.42. The van der Waals surface area contributed by atoms with Gasteiger partial charge in [0.1, 0.15) is 5.75 Å². The Balaban J connectivity index is 1.83. The van der Waals surface area contributed by atoms with Gasteiger partial charge >= 0.3 is 0 Å². The molecule has 1 nitrogen and oxygen atoms in total. The molecule has 184 valence electrons. The topological polar surface area (TPSA) is 9.23 Å². The van der Waals surface area contributed by atoms with E-state index in [2.05, 4.69) is 158 Å². The molecular formula is C33H32Br2O. The summed E-state index contributed by atoms with van der Waals surface area (Å²) in [4.78, 5) is 0. The molecule has 1 aliphatic rings. The first kappa shape index (κ1) is 25.3. The van der Waals surface area contributed by atoms with Crippen molar-refractivity contribution in [3.63, 3.8) is 0 Å². The van der Waals surface area contributed by atoms with Crippen LogP contribution < -0.4 is 4.74 Å². The van der Waals surface area contributed by atoms with Crippen molar-refractivity contribution in [1.82, 2.24) is 0 Å². The summed E-state index contributed by atoms with van der Waals surface area (Å²) in [5.74, 6) is 0.874. The van der Waals surface area contributed by atoms with Crippen LogP contribution in [0.15, 0.2) is 93.9 Å². The Kier molecular flexibility index (Phi) is 6.24. The molecule has 5 rings (SSSR count). The third-order valence-corrected chi connectivity index (χ3v) is 8.16. The molecule has 4 aromatic rings. The fraction of sp³-hybridized carbons (Fsp3) is 0.273. The number of hydrogen-bond donors (Lipinski definition) is 0. The summed E-state index contributed by atoms with van der Waals surface area (Å²) in [6.45, 7) is 13.5. The lowest BCUT2D eigenvalue weighted by Crippen LogP contribution is -2.39. The maximum Gasteiger partial charge on any atom is 0.185 e. The van der Waals surface area contributed by atoms with E-state index < -0.39 is 5.60 Å². The highest BCUT2D eigenvalue weighted by Gasteiger charge is 2.44. The molecule has 1 heterocycles. The van der Waals surface area contributed by atoms with Crippen molar-refractivity contribution in [2.75, 3.05) is 0 Å². The average molecular weight is 604 g/mol. The Bertz CT molecular complexity index is 1360. The molecule has 0 N–H and O–H groups in total. The molecule has 0 bridgehead atoms. The average Bonchev–Trinajstić information content (AvgIpc) is 2.82. The number of halogens is 2. The third kappa shape index (κ3) is 4.35. The van der Waals surface area contributed by atoms with Gasteiger partial charge in [0.05, 0.1) is 0 Å². The highest BCUT2D eigenvalue weighted by atomic mass is 79.9. The molecule has 0 fully saturated rings. The summed E-state index contributed by atoms with van der Waals surface area (Å²) in [5.41, 5.74) is 7.63. The van der Waals surface area contributed by atoms with Crippen molar-refractivity contribution in [3.05, 3.63) is 122 Å². The van der Waals surface area contributed by atoms with E-state index >= 15 is 0 Å². The molecule has 36 heavy (non-hydrogen) atoms. The van der Waals surface area contributed by atoms with Gasteiger partial charge in [-0.25, -0.2) is 0 Å². The Morgan fingerprint density at radius 3 is 1.47 bits per heavy atom. The van der Waals surface area contributed by atoms with Gasteiger partial charge in [-0.15, -0.1) is 0 Å². The molecule has 0 saturated heterocycles. The molecule has 0 unspecified atom stereocenters. The predicted octanol–water partition coefficient (Wildman–Crippen LogP) is 10.2. The molecule has 0 spiro atoms. The lowest BCUT2D eigenvalue weighted by Gasteiger charge is -2.42. The van der Waals surface area contributed by atoms with E-state index in [1.165, 1.54) is 16.7 Å². The van der Waals surface area contributed by atoms with E-state index in [1.807, 2.05) is 0 Å². The molecule has 3 heteroatoms. The van der Waals surface area contributed by atoms with E-state index in [1.54, 1.807) is 0 Å². The first-order chi connectivity index (χ1) is 16.9. The van der Waals surface area contributed by atoms with Crippen molar-refractivity contribution in [3.8, 4) is 16.9 Å². The first-order valence-electron chi connectivity index (χ1n) is 12.4. The minimum Gasteiger partial charge on any atom is -0.472 e. The molecule has 0 aliphatic carbocycles. The molecule has 0 aromatic heterocycles. The van der Waals surface area contributed by atoms with Gasteiger partial charge in [0, 0.05) is 31.2 Å². The minimum absolute atomic E-state index is 0.0753. The lowest BCUT2D eigenvalue weighted by molar-refractivity contribution is 0.152. The van der Waals surface area contributed by atoms with Crippen molar-refractivity contribution < 1.29 is 4.74 Å². The van der Waals surface area contributed by atoms with Crippen LogP contribution in [0.1, 0.15) is 69.4 Å². The molecule has 1 aliphatic heterocycles. The smallest absolute Gasteiger partial charge is 0.185 e. The van der Waals surface area contributed by atoms with E-state index in [4.69, 9.17) is 4.74 Å². The lowest BCUT2D eigenvalue weighted by atomic mass is 9.73. The van der Waals surface area contributed by atoms with Crippen LogP contribution in [0, 0.1) is 0 Å². The minimum atomic E-state index is -0.792. The highest BCUT2D eigenvalue weighted by Crippen LogP contribution is 2.52. The molecule has 0 saturated carbocycles. The SMILES string of the molecule is CC(C)(C)c1ccc(C2(c3ccc(C(C)(C)C)cc3)Oc3cc(Br)ccc3-c3ccc(Br)cc32)cc1. The van der Waals surface area contributed by atoms with Crippen LogP contribution in [-0.2, 0) is 16.4 Å². The molecule has 0 amide bonds. The van der Waals surface area contributed by atoms with Crippen LogP contribution in [0.5, 0.6) is 5.75 Å². The zero-order chi connectivity index (χ0) is 25.9. The zero-order valence-electron chi connectivity index (χ0n) is 21.7. The Morgan fingerprint density at radius 1 is 0.556 bits per heavy atom. The van der Waals surface area contributed by atoms with Gasteiger partial charge in [-0.1, -0.05) is 128 Å². The van der Waals surface area contributed by atoms with Crippen LogP contribution in [0.4, 0.5) is 0 Å².